The molecule has 0 saturated carbocycles. The van der Waals surface area contributed by atoms with Gasteiger partial charge in [0.15, 0.2) is 10.3 Å². The minimum Gasteiger partial charge on any atom is -0.382 e. The molecule has 2 aromatic heterocycles. The number of hydrogen-bond donors (Lipinski definition) is 2. The SMILES string of the molecule is Clc1cc(NCCCNCc2cccnc2)c(Cl)nn1. The first-order valence-electron chi connectivity index (χ1n) is 6.28. The molecule has 0 aliphatic carbocycles. The van der Waals surface area contributed by atoms with Gasteiger partial charge in [-0.2, -0.15) is 0 Å². The van der Waals surface area contributed by atoms with Gasteiger partial charge in [0.05, 0.1) is 5.69 Å². The average Bonchev–Trinajstić information content (AvgIpc) is 2.47. The Labute approximate surface area is 127 Å². The Morgan fingerprint density at radius 2 is 2.05 bits per heavy atom. The van der Waals surface area contributed by atoms with Crippen molar-refractivity contribution in [3.8, 4) is 0 Å². The van der Waals surface area contributed by atoms with Gasteiger partial charge < -0.3 is 10.6 Å². The third-order valence-electron chi connectivity index (χ3n) is 2.62. The van der Waals surface area contributed by atoms with Crippen LogP contribution in [0.3, 0.4) is 0 Å². The van der Waals surface area contributed by atoms with Gasteiger partial charge in [0, 0.05) is 31.5 Å². The lowest BCUT2D eigenvalue weighted by atomic mass is 10.3. The van der Waals surface area contributed by atoms with Gasteiger partial charge in [-0.05, 0) is 24.6 Å². The standard InChI is InChI=1S/C13H15Cl2N5/c14-12-7-11(13(15)20-19-12)18-6-2-5-17-9-10-3-1-4-16-8-10/h1,3-4,7-8,17H,2,5-6,9H2,(H,18,19). The normalized spacial score (nSPS) is 10.5. The smallest absolute Gasteiger partial charge is 0.174 e. The summed E-state index contributed by atoms with van der Waals surface area (Å²) in [5.74, 6) is 0. The van der Waals surface area contributed by atoms with Crippen LogP contribution in [0.4, 0.5) is 5.69 Å². The van der Waals surface area contributed by atoms with Crippen molar-refractivity contribution < 1.29 is 0 Å². The summed E-state index contributed by atoms with van der Waals surface area (Å²) in [7, 11) is 0. The molecule has 2 rings (SSSR count). The topological polar surface area (TPSA) is 62.7 Å². The van der Waals surface area contributed by atoms with E-state index in [1.54, 1.807) is 12.3 Å². The third kappa shape index (κ3) is 4.92. The van der Waals surface area contributed by atoms with Crippen LogP contribution in [0.15, 0.2) is 30.6 Å². The Morgan fingerprint density at radius 3 is 2.85 bits per heavy atom. The molecule has 2 aromatic rings. The maximum atomic E-state index is 5.90. The van der Waals surface area contributed by atoms with Crippen LogP contribution in [0.1, 0.15) is 12.0 Å². The van der Waals surface area contributed by atoms with E-state index in [4.69, 9.17) is 23.2 Å². The van der Waals surface area contributed by atoms with Gasteiger partial charge in [-0.1, -0.05) is 29.3 Å². The number of anilines is 1. The van der Waals surface area contributed by atoms with Crippen LogP contribution in [0.2, 0.25) is 10.3 Å². The van der Waals surface area contributed by atoms with Crippen molar-refractivity contribution in [1.29, 1.82) is 0 Å². The van der Waals surface area contributed by atoms with Gasteiger partial charge in [-0.3, -0.25) is 4.98 Å². The zero-order valence-corrected chi connectivity index (χ0v) is 12.3. The quantitative estimate of drug-likeness (QED) is 0.770. The number of nitrogens with zero attached hydrogens (tertiary/aromatic N) is 3. The van der Waals surface area contributed by atoms with Gasteiger partial charge >= 0.3 is 0 Å². The zero-order chi connectivity index (χ0) is 14.2. The average molecular weight is 312 g/mol. The minimum atomic E-state index is 0.326. The molecule has 0 fully saturated rings. The van der Waals surface area contributed by atoms with Crippen molar-refractivity contribution in [2.24, 2.45) is 0 Å². The molecule has 2 heterocycles. The third-order valence-corrected chi connectivity index (χ3v) is 3.08. The fraction of sp³-hybridized carbons (Fsp3) is 0.308. The molecular formula is C13H15Cl2N5. The fourth-order valence-corrected chi connectivity index (χ4v) is 1.95. The van der Waals surface area contributed by atoms with E-state index in [9.17, 15) is 0 Å². The largest absolute Gasteiger partial charge is 0.382 e. The lowest BCUT2D eigenvalue weighted by Crippen LogP contribution is -2.17. The minimum absolute atomic E-state index is 0.326. The highest BCUT2D eigenvalue weighted by Gasteiger charge is 2.02. The van der Waals surface area contributed by atoms with E-state index in [1.807, 2.05) is 18.3 Å². The fourth-order valence-electron chi connectivity index (χ4n) is 1.65. The molecule has 0 bridgehead atoms. The van der Waals surface area contributed by atoms with Crippen molar-refractivity contribution in [1.82, 2.24) is 20.5 Å². The molecular weight excluding hydrogens is 297 g/mol. The number of rotatable bonds is 7. The lowest BCUT2D eigenvalue weighted by Gasteiger charge is -2.08. The molecule has 0 saturated heterocycles. The molecule has 0 amide bonds. The Bertz CT molecular complexity index is 536. The molecule has 2 N–H and O–H groups in total. The van der Waals surface area contributed by atoms with E-state index in [0.717, 1.165) is 26.1 Å². The van der Waals surface area contributed by atoms with Gasteiger partial charge in [-0.15, -0.1) is 10.2 Å². The summed E-state index contributed by atoms with van der Waals surface area (Å²) in [6.45, 7) is 2.49. The monoisotopic (exact) mass is 311 g/mol. The highest BCUT2D eigenvalue weighted by Crippen LogP contribution is 2.20. The number of aromatic nitrogens is 3. The van der Waals surface area contributed by atoms with Crippen LogP contribution in [-0.4, -0.2) is 28.3 Å². The summed E-state index contributed by atoms with van der Waals surface area (Å²) in [6.07, 6.45) is 4.58. The number of pyridine rings is 1. The van der Waals surface area contributed by atoms with Gasteiger partial charge in [0.2, 0.25) is 0 Å². The molecule has 0 unspecified atom stereocenters. The summed E-state index contributed by atoms with van der Waals surface area (Å²) >= 11 is 11.7. The highest BCUT2D eigenvalue weighted by atomic mass is 35.5. The van der Waals surface area contributed by atoms with Crippen LogP contribution in [0.5, 0.6) is 0 Å². The van der Waals surface area contributed by atoms with Crippen LogP contribution in [-0.2, 0) is 6.54 Å². The number of nitrogens with one attached hydrogen (secondary N) is 2. The van der Waals surface area contributed by atoms with E-state index >= 15 is 0 Å². The maximum Gasteiger partial charge on any atom is 0.174 e. The molecule has 0 atom stereocenters. The zero-order valence-electron chi connectivity index (χ0n) is 10.8. The first kappa shape index (κ1) is 15.0. The summed E-state index contributed by atoms with van der Waals surface area (Å²) in [4.78, 5) is 4.06. The van der Waals surface area contributed by atoms with Crippen LogP contribution in [0, 0.1) is 0 Å². The van der Waals surface area contributed by atoms with Crippen molar-refractivity contribution in [3.63, 3.8) is 0 Å². The van der Waals surface area contributed by atoms with Crippen molar-refractivity contribution in [2.75, 3.05) is 18.4 Å². The van der Waals surface area contributed by atoms with E-state index in [2.05, 4.69) is 25.8 Å². The second kappa shape index (κ2) is 7.99. The summed E-state index contributed by atoms with van der Waals surface area (Å²) < 4.78 is 0. The van der Waals surface area contributed by atoms with Crippen LogP contribution in [0.25, 0.3) is 0 Å². The van der Waals surface area contributed by atoms with Gasteiger partial charge in [-0.25, -0.2) is 0 Å². The molecule has 0 radical (unpaired) electrons. The van der Waals surface area contributed by atoms with Gasteiger partial charge in [0.25, 0.3) is 0 Å². The van der Waals surface area contributed by atoms with E-state index in [-0.39, 0.29) is 0 Å². The summed E-state index contributed by atoms with van der Waals surface area (Å²) in [6, 6.07) is 5.64. The maximum absolute atomic E-state index is 5.90. The molecule has 0 aromatic carbocycles. The Hall–Kier alpha value is -1.43. The van der Waals surface area contributed by atoms with Crippen molar-refractivity contribution in [3.05, 3.63) is 46.5 Å². The molecule has 5 nitrogen and oxygen atoms in total. The first-order valence-corrected chi connectivity index (χ1v) is 7.03. The number of halogens is 2. The van der Waals surface area contributed by atoms with E-state index in [1.165, 1.54) is 5.56 Å². The Kier molecular flexibility index (Phi) is 5.98. The molecule has 106 valence electrons. The van der Waals surface area contributed by atoms with Gasteiger partial charge in [0.1, 0.15) is 0 Å². The Balaban J connectivity index is 1.63. The highest BCUT2D eigenvalue weighted by molar-refractivity contribution is 6.33. The van der Waals surface area contributed by atoms with Crippen LogP contribution >= 0.6 is 23.2 Å². The molecule has 0 spiro atoms. The van der Waals surface area contributed by atoms with Crippen molar-refractivity contribution in [2.45, 2.75) is 13.0 Å². The molecule has 20 heavy (non-hydrogen) atoms. The van der Waals surface area contributed by atoms with Crippen molar-refractivity contribution >= 4 is 28.9 Å². The molecule has 7 heteroatoms. The molecule has 0 aliphatic rings. The number of hydrogen-bond acceptors (Lipinski definition) is 5. The van der Waals surface area contributed by atoms with E-state index in [0.29, 0.717) is 16.0 Å². The second-order valence-corrected chi connectivity index (χ2v) is 4.94. The predicted octanol–water partition coefficient (Wildman–Crippen LogP) is 2.77. The summed E-state index contributed by atoms with van der Waals surface area (Å²) in [5.41, 5.74) is 1.88. The van der Waals surface area contributed by atoms with Crippen LogP contribution < -0.4 is 10.6 Å². The summed E-state index contributed by atoms with van der Waals surface area (Å²) in [5, 5.41) is 14.6. The Morgan fingerprint density at radius 1 is 1.15 bits per heavy atom. The lowest BCUT2D eigenvalue weighted by molar-refractivity contribution is 0.662. The first-order chi connectivity index (χ1) is 9.75. The predicted molar refractivity (Wildman–Crippen MR) is 81.1 cm³/mol. The second-order valence-electron chi connectivity index (χ2n) is 4.19. The van der Waals surface area contributed by atoms with E-state index < -0.39 is 0 Å². The molecule has 0 aliphatic heterocycles.